The van der Waals surface area contributed by atoms with Crippen molar-refractivity contribution in [3.8, 4) is 17.2 Å². The van der Waals surface area contributed by atoms with E-state index in [1.165, 1.54) is 32.0 Å². The Morgan fingerprint density at radius 3 is 2.24 bits per heavy atom. The molecule has 0 bridgehead atoms. The van der Waals surface area contributed by atoms with Crippen molar-refractivity contribution in [3.05, 3.63) is 82.9 Å². The first-order valence-electron chi connectivity index (χ1n) is 12.4. The smallest absolute Gasteiger partial charge is 0.326 e. The minimum absolute atomic E-state index is 0.0950. The molecule has 1 amide bonds. The number of anilines is 1. The van der Waals surface area contributed by atoms with Gasteiger partial charge in [0.2, 0.25) is 0 Å². The SMILES string of the molecule is COc1cc(Cl)c(C(=O)N[C@@H](Cc2ccc(OC3CCN(c4ccccc4)CC3)cc2)C(=O)O)cc1OC. The van der Waals surface area contributed by atoms with Gasteiger partial charge in [0, 0.05) is 44.1 Å². The minimum atomic E-state index is -1.15. The fourth-order valence-corrected chi connectivity index (χ4v) is 4.71. The van der Waals surface area contributed by atoms with Crippen molar-refractivity contribution in [2.45, 2.75) is 31.4 Å². The number of para-hydroxylation sites is 1. The number of carbonyl (C=O) groups is 2. The van der Waals surface area contributed by atoms with E-state index in [4.69, 9.17) is 25.8 Å². The second-order valence-corrected chi connectivity index (χ2v) is 9.45. The number of nitrogens with zero attached hydrogens (tertiary/aromatic N) is 1. The summed E-state index contributed by atoms with van der Waals surface area (Å²) in [5, 5.41) is 12.4. The van der Waals surface area contributed by atoms with Crippen molar-refractivity contribution in [1.82, 2.24) is 5.32 Å². The largest absolute Gasteiger partial charge is 0.493 e. The lowest BCUT2D eigenvalue weighted by molar-refractivity contribution is -0.139. The average molecular weight is 539 g/mol. The van der Waals surface area contributed by atoms with E-state index >= 15 is 0 Å². The first-order valence-corrected chi connectivity index (χ1v) is 12.8. The summed E-state index contributed by atoms with van der Waals surface area (Å²) >= 11 is 6.23. The van der Waals surface area contributed by atoms with Gasteiger partial charge < -0.3 is 29.5 Å². The number of carbonyl (C=O) groups excluding carboxylic acids is 1. The number of hydrogen-bond donors (Lipinski definition) is 2. The van der Waals surface area contributed by atoms with Crippen molar-refractivity contribution in [3.63, 3.8) is 0 Å². The van der Waals surface area contributed by atoms with Gasteiger partial charge in [0.15, 0.2) is 11.5 Å². The number of rotatable bonds is 10. The standard InChI is InChI=1S/C29H31ClN2O6/c1-36-26-17-23(24(30)18-27(26)37-2)28(33)31-25(29(34)35)16-19-8-10-21(11-9-19)38-22-12-14-32(15-13-22)20-6-4-3-5-7-20/h3-11,17-18,22,25H,12-16H2,1-2H3,(H,31,33)(H,34,35)/t25-/m0/s1. The number of hydrogen-bond acceptors (Lipinski definition) is 6. The molecule has 9 heteroatoms. The van der Waals surface area contributed by atoms with E-state index in [1.54, 1.807) is 0 Å². The monoisotopic (exact) mass is 538 g/mol. The molecular weight excluding hydrogens is 508 g/mol. The maximum atomic E-state index is 12.8. The van der Waals surface area contributed by atoms with Gasteiger partial charge >= 0.3 is 5.97 Å². The molecule has 3 aromatic rings. The lowest BCUT2D eigenvalue weighted by Gasteiger charge is -2.33. The number of nitrogens with one attached hydrogen (secondary N) is 1. The molecule has 0 aliphatic carbocycles. The summed E-state index contributed by atoms with van der Waals surface area (Å²) in [7, 11) is 2.90. The molecule has 38 heavy (non-hydrogen) atoms. The molecule has 1 saturated heterocycles. The van der Waals surface area contributed by atoms with E-state index in [9.17, 15) is 14.7 Å². The Kier molecular flexibility index (Phi) is 8.97. The Bertz CT molecular complexity index is 1240. The first-order chi connectivity index (χ1) is 18.4. The van der Waals surface area contributed by atoms with Crippen LogP contribution in [0.15, 0.2) is 66.7 Å². The predicted octanol–water partition coefficient (Wildman–Crippen LogP) is 4.83. The van der Waals surface area contributed by atoms with Crippen LogP contribution < -0.4 is 24.4 Å². The molecule has 0 spiro atoms. The number of carboxylic acid groups (broad SMARTS) is 1. The quantitative estimate of drug-likeness (QED) is 0.381. The summed E-state index contributed by atoms with van der Waals surface area (Å²) in [6.07, 6.45) is 2.06. The molecule has 1 fully saturated rings. The molecule has 1 aliphatic rings. The molecule has 3 aromatic carbocycles. The normalized spacial score (nSPS) is 14.4. The summed E-state index contributed by atoms with van der Waals surface area (Å²) in [6, 6.07) is 19.4. The zero-order valence-electron chi connectivity index (χ0n) is 21.4. The first kappa shape index (κ1) is 27.1. The fraction of sp³-hybridized carbons (Fsp3) is 0.310. The van der Waals surface area contributed by atoms with Crippen molar-refractivity contribution in [2.75, 3.05) is 32.2 Å². The number of benzene rings is 3. The fourth-order valence-electron chi connectivity index (χ4n) is 4.47. The van der Waals surface area contributed by atoms with E-state index in [0.717, 1.165) is 37.2 Å². The van der Waals surface area contributed by atoms with Gasteiger partial charge in [-0.1, -0.05) is 41.9 Å². The van der Waals surface area contributed by atoms with Crippen LogP contribution in [0.2, 0.25) is 5.02 Å². The second kappa shape index (κ2) is 12.6. The molecule has 1 heterocycles. The van der Waals surface area contributed by atoms with E-state index in [1.807, 2.05) is 42.5 Å². The Morgan fingerprint density at radius 1 is 1.00 bits per heavy atom. The van der Waals surface area contributed by atoms with Crippen LogP contribution >= 0.6 is 11.6 Å². The van der Waals surface area contributed by atoms with Crippen LogP contribution in [-0.2, 0) is 11.2 Å². The molecule has 1 aliphatic heterocycles. The summed E-state index contributed by atoms with van der Waals surface area (Å²) in [6.45, 7) is 1.85. The lowest BCUT2D eigenvalue weighted by atomic mass is 10.0. The van der Waals surface area contributed by atoms with E-state index in [-0.39, 0.29) is 23.1 Å². The van der Waals surface area contributed by atoms with Crippen LogP contribution in [0.25, 0.3) is 0 Å². The van der Waals surface area contributed by atoms with Gasteiger partial charge in [-0.3, -0.25) is 4.79 Å². The third kappa shape index (κ3) is 6.69. The molecule has 0 radical (unpaired) electrons. The minimum Gasteiger partial charge on any atom is -0.493 e. The number of ether oxygens (including phenoxy) is 3. The highest BCUT2D eigenvalue weighted by Gasteiger charge is 2.24. The predicted molar refractivity (Wildman–Crippen MR) is 146 cm³/mol. The van der Waals surface area contributed by atoms with Gasteiger partial charge in [-0.2, -0.15) is 0 Å². The maximum Gasteiger partial charge on any atom is 0.326 e. The second-order valence-electron chi connectivity index (χ2n) is 9.04. The average Bonchev–Trinajstić information content (AvgIpc) is 2.94. The Hall–Kier alpha value is -3.91. The summed E-state index contributed by atoms with van der Waals surface area (Å²) in [5.74, 6) is -0.353. The molecule has 200 valence electrons. The van der Waals surface area contributed by atoms with Crippen molar-refractivity contribution < 1.29 is 28.9 Å². The number of carboxylic acids is 1. The van der Waals surface area contributed by atoms with Crippen LogP contribution in [0.4, 0.5) is 5.69 Å². The van der Waals surface area contributed by atoms with Crippen LogP contribution in [0.1, 0.15) is 28.8 Å². The number of aliphatic carboxylic acids is 1. The zero-order valence-corrected chi connectivity index (χ0v) is 22.1. The highest BCUT2D eigenvalue weighted by Crippen LogP contribution is 2.33. The lowest BCUT2D eigenvalue weighted by Crippen LogP contribution is -2.42. The molecule has 2 N–H and O–H groups in total. The van der Waals surface area contributed by atoms with Crippen LogP contribution in [0.3, 0.4) is 0 Å². The summed E-state index contributed by atoms with van der Waals surface area (Å²) in [5.41, 5.74) is 2.07. The van der Waals surface area contributed by atoms with Gasteiger partial charge in [-0.05, 0) is 35.9 Å². The summed E-state index contributed by atoms with van der Waals surface area (Å²) < 4.78 is 16.6. The Morgan fingerprint density at radius 2 is 1.63 bits per heavy atom. The maximum absolute atomic E-state index is 12.8. The molecular formula is C29H31ClN2O6. The molecule has 8 nitrogen and oxygen atoms in total. The van der Waals surface area contributed by atoms with E-state index < -0.39 is 17.9 Å². The van der Waals surface area contributed by atoms with Gasteiger partial charge in [-0.25, -0.2) is 4.79 Å². The van der Waals surface area contributed by atoms with Crippen molar-refractivity contribution in [2.24, 2.45) is 0 Å². The molecule has 0 saturated carbocycles. The number of piperidine rings is 1. The number of halogens is 1. The topological polar surface area (TPSA) is 97.3 Å². The highest BCUT2D eigenvalue weighted by atomic mass is 35.5. The highest BCUT2D eigenvalue weighted by molar-refractivity contribution is 6.34. The van der Waals surface area contributed by atoms with Crippen LogP contribution in [0, 0.1) is 0 Å². The third-order valence-electron chi connectivity index (χ3n) is 6.55. The number of methoxy groups -OCH3 is 2. The van der Waals surface area contributed by atoms with Crippen LogP contribution in [-0.4, -0.2) is 56.4 Å². The van der Waals surface area contributed by atoms with Crippen molar-refractivity contribution >= 4 is 29.2 Å². The Balaban J connectivity index is 1.34. The van der Waals surface area contributed by atoms with Gasteiger partial charge in [0.25, 0.3) is 5.91 Å². The van der Waals surface area contributed by atoms with Gasteiger partial charge in [-0.15, -0.1) is 0 Å². The molecule has 0 unspecified atom stereocenters. The van der Waals surface area contributed by atoms with Gasteiger partial charge in [0.1, 0.15) is 17.9 Å². The van der Waals surface area contributed by atoms with Gasteiger partial charge in [0.05, 0.1) is 24.8 Å². The molecule has 0 aromatic heterocycles. The third-order valence-corrected chi connectivity index (χ3v) is 6.86. The zero-order chi connectivity index (χ0) is 27.1. The molecule has 1 atom stereocenters. The Labute approximate surface area is 227 Å². The van der Waals surface area contributed by atoms with E-state index in [0.29, 0.717) is 11.5 Å². The van der Waals surface area contributed by atoms with E-state index in [2.05, 4.69) is 22.3 Å². The number of amides is 1. The summed E-state index contributed by atoms with van der Waals surface area (Å²) in [4.78, 5) is 27.1. The molecule has 4 rings (SSSR count). The van der Waals surface area contributed by atoms with Crippen molar-refractivity contribution in [1.29, 1.82) is 0 Å². The van der Waals surface area contributed by atoms with Crippen LogP contribution in [0.5, 0.6) is 17.2 Å².